The lowest BCUT2D eigenvalue weighted by atomic mass is 9.80. The van der Waals surface area contributed by atoms with E-state index in [4.69, 9.17) is 22.5 Å². The number of hydrogen-bond donors (Lipinski definition) is 3. The number of rotatable bonds is 5. The minimum absolute atomic E-state index is 0.0898. The molecule has 0 unspecified atom stereocenters. The topological polar surface area (TPSA) is 87.7 Å². The van der Waals surface area contributed by atoms with Gasteiger partial charge in [0.2, 0.25) is 5.91 Å². The molecule has 0 aliphatic heterocycles. The Balaban J connectivity index is 3.06. The highest BCUT2D eigenvalue weighted by molar-refractivity contribution is 9.10. The maximum absolute atomic E-state index is 12.5. The van der Waals surface area contributed by atoms with Gasteiger partial charge >= 0.3 is 0 Å². The largest absolute Gasteiger partial charge is 0.409 e. The Morgan fingerprint density at radius 1 is 1.50 bits per heavy atom. The van der Waals surface area contributed by atoms with Crippen molar-refractivity contribution in [2.75, 3.05) is 5.32 Å². The first kappa shape index (κ1) is 16.8. The molecule has 0 aliphatic carbocycles. The second kappa shape index (κ2) is 6.95. The maximum Gasteiger partial charge on any atom is 0.238 e. The number of anilines is 1. The van der Waals surface area contributed by atoms with Gasteiger partial charge in [-0.2, -0.15) is 0 Å². The Bertz CT molecular complexity index is 530. The molecule has 0 fully saturated rings. The number of amidine groups is 1. The van der Waals surface area contributed by atoms with Crippen molar-refractivity contribution in [2.24, 2.45) is 16.3 Å². The summed E-state index contributed by atoms with van der Waals surface area (Å²) < 4.78 is 0.680. The quantitative estimate of drug-likeness (QED) is 0.324. The summed E-state index contributed by atoms with van der Waals surface area (Å²) in [7, 11) is 0. The van der Waals surface area contributed by atoms with Crippen LogP contribution in [0.3, 0.4) is 0 Å². The number of amides is 1. The van der Waals surface area contributed by atoms with Crippen LogP contribution >= 0.6 is 27.5 Å². The molecule has 1 aromatic carbocycles. The third-order valence-corrected chi connectivity index (χ3v) is 4.63. The van der Waals surface area contributed by atoms with Crippen molar-refractivity contribution in [3.8, 4) is 0 Å². The third-order valence-electron chi connectivity index (χ3n) is 3.42. The molecule has 110 valence electrons. The van der Waals surface area contributed by atoms with Gasteiger partial charge in [0.15, 0.2) is 5.84 Å². The number of carbonyl (C=O) groups is 1. The molecule has 20 heavy (non-hydrogen) atoms. The van der Waals surface area contributed by atoms with Crippen LogP contribution in [-0.4, -0.2) is 17.0 Å². The second-order valence-corrected chi connectivity index (χ2v) is 5.62. The van der Waals surface area contributed by atoms with Crippen molar-refractivity contribution in [3.05, 3.63) is 27.7 Å². The lowest BCUT2D eigenvalue weighted by molar-refractivity contribution is -0.122. The summed E-state index contributed by atoms with van der Waals surface area (Å²) in [5.74, 6) is -0.403. The molecule has 5 nitrogen and oxygen atoms in total. The number of benzene rings is 1. The van der Waals surface area contributed by atoms with Gasteiger partial charge in [-0.15, -0.1) is 0 Å². The number of hydrogen-bond acceptors (Lipinski definition) is 3. The molecule has 1 rings (SSSR count). The fourth-order valence-electron chi connectivity index (χ4n) is 1.97. The summed E-state index contributed by atoms with van der Waals surface area (Å²) in [6.45, 7) is 3.64. The van der Waals surface area contributed by atoms with E-state index < -0.39 is 5.41 Å². The highest BCUT2D eigenvalue weighted by Gasteiger charge is 2.39. The zero-order valence-corrected chi connectivity index (χ0v) is 13.6. The van der Waals surface area contributed by atoms with Crippen LogP contribution in [0.5, 0.6) is 0 Å². The summed E-state index contributed by atoms with van der Waals surface area (Å²) in [6, 6.07) is 5.06. The van der Waals surface area contributed by atoms with E-state index in [0.717, 1.165) is 0 Å². The molecule has 0 radical (unpaired) electrons. The molecule has 7 heteroatoms. The van der Waals surface area contributed by atoms with E-state index in [0.29, 0.717) is 28.0 Å². The number of oxime groups is 1. The normalized spacial score (nSPS) is 12.3. The number of nitrogens with zero attached hydrogens (tertiary/aromatic N) is 1. The minimum atomic E-state index is -1.03. The van der Waals surface area contributed by atoms with Crippen LogP contribution in [0, 0.1) is 5.41 Å². The van der Waals surface area contributed by atoms with E-state index in [-0.39, 0.29) is 11.7 Å². The van der Waals surface area contributed by atoms with Gasteiger partial charge in [-0.25, -0.2) is 0 Å². The first-order chi connectivity index (χ1) is 9.41. The highest BCUT2D eigenvalue weighted by atomic mass is 79.9. The highest BCUT2D eigenvalue weighted by Crippen LogP contribution is 2.30. The van der Waals surface area contributed by atoms with Crippen molar-refractivity contribution < 1.29 is 10.0 Å². The van der Waals surface area contributed by atoms with Crippen molar-refractivity contribution >= 4 is 45.0 Å². The number of halogens is 2. The van der Waals surface area contributed by atoms with Gasteiger partial charge in [0, 0.05) is 10.2 Å². The number of nitrogens with two attached hydrogens (primary N) is 1. The average Bonchev–Trinajstić information content (AvgIpc) is 2.44. The molecule has 1 aromatic rings. The van der Waals surface area contributed by atoms with Crippen molar-refractivity contribution in [3.63, 3.8) is 0 Å². The molecule has 1 amide bonds. The minimum Gasteiger partial charge on any atom is -0.409 e. The van der Waals surface area contributed by atoms with E-state index in [2.05, 4.69) is 26.4 Å². The van der Waals surface area contributed by atoms with Crippen LogP contribution in [0.25, 0.3) is 0 Å². The summed E-state index contributed by atoms with van der Waals surface area (Å²) in [5.41, 5.74) is 5.25. The molecule has 0 saturated carbocycles. The molecular formula is C13H17BrClN3O2. The Labute approximate surface area is 131 Å². The number of nitrogens with one attached hydrogen (secondary N) is 1. The molecule has 0 aromatic heterocycles. The van der Waals surface area contributed by atoms with Gasteiger partial charge in [-0.1, -0.05) is 30.6 Å². The van der Waals surface area contributed by atoms with Crippen molar-refractivity contribution in [1.29, 1.82) is 0 Å². The van der Waals surface area contributed by atoms with Crippen molar-refractivity contribution in [2.45, 2.75) is 26.7 Å². The fourth-order valence-corrected chi connectivity index (χ4v) is 2.47. The summed E-state index contributed by atoms with van der Waals surface area (Å²) in [5, 5.41) is 15.2. The molecule has 0 aliphatic rings. The average molecular weight is 363 g/mol. The van der Waals surface area contributed by atoms with Gasteiger partial charge in [-0.05, 0) is 47.0 Å². The molecular weight excluding hydrogens is 346 g/mol. The third kappa shape index (κ3) is 3.24. The molecule has 0 spiro atoms. The van der Waals surface area contributed by atoms with Gasteiger partial charge in [-0.3, -0.25) is 4.79 Å². The van der Waals surface area contributed by atoms with Crippen LogP contribution in [0.1, 0.15) is 26.7 Å². The summed E-state index contributed by atoms with van der Waals surface area (Å²) in [4.78, 5) is 12.5. The maximum atomic E-state index is 12.5. The van der Waals surface area contributed by atoms with E-state index in [9.17, 15) is 4.79 Å². The molecule has 0 heterocycles. The lowest BCUT2D eigenvalue weighted by Gasteiger charge is -2.28. The predicted octanol–water partition coefficient (Wildman–Crippen LogP) is 3.59. The standard InChI is InChI=1S/C13H17BrClN3O2/c1-3-13(4-2,11(16)18-20)12(19)17-8-5-6-10(15)9(14)7-8/h5-7,20H,3-4H2,1-2H3,(H2,16,18)(H,17,19). The SMILES string of the molecule is CCC(CC)(C(=O)Nc1ccc(Cl)c(Br)c1)/C(N)=N/O. The van der Waals surface area contributed by atoms with Gasteiger partial charge in [0.1, 0.15) is 5.41 Å². The van der Waals surface area contributed by atoms with Crippen molar-refractivity contribution in [1.82, 2.24) is 0 Å². The monoisotopic (exact) mass is 361 g/mol. The lowest BCUT2D eigenvalue weighted by Crippen LogP contribution is -2.46. The Kier molecular flexibility index (Phi) is 5.83. The van der Waals surface area contributed by atoms with Crippen LogP contribution in [0.15, 0.2) is 27.8 Å². The van der Waals surface area contributed by atoms with Gasteiger partial charge in [0.25, 0.3) is 0 Å². The molecule has 0 saturated heterocycles. The van der Waals surface area contributed by atoms with Gasteiger partial charge in [0.05, 0.1) is 5.02 Å². The first-order valence-corrected chi connectivity index (χ1v) is 7.32. The van der Waals surface area contributed by atoms with Crippen LogP contribution in [0.2, 0.25) is 5.02 Å². The number of carbonyl (C=O) groups excluding carboxylic acids is 1. The van der Waals surface area contributed by atoms with Crippen LogP contribution in [-0.2, 0) is 4.79 Å². The van der Waals surface area contributed by atoms with E-state index in [1.165, 1.54) is 0 Å². The smallest absolute Gasteiger partial charge is 0.238 e. The predicted molar refractivity (Wildman–Crippen MR) is 84.2 cm³/mol. The van der Waals surface area contributed by atoms with Gasteiger partial charge < -0.3 is 16.3 Å². The van der Waals surface area contributed by atoms with E-state index in [1.54, 1.807) is 18.2 Å². The summed E-state index contributed by atoms with van der Waals surface area (Å²) in [6.07, 6.45) is 0.861. The van der Waals surface area contributed by atoms with E-state index >= 15 is 0 Å². The Morgan fingerprint density at radius 3 is 2.55 bits per heavy atom. The van der Waals surface area contributed by atoms with Crippen LogP contribution < -0.4 is 11.1 Å². The fraction of sp³-hybridized carbons (Fsp3) is 0.385. The first-order valence-electron chi connectivity index (χ1n) is 6.15. The Hall–Kier alpha value is -1.27. The second-order valence-electron chi connectivity index (χ2n) is 4.36. The van der Waals surface area contributed by atoms with Crippen LogP contribution in [0.4, 0.5) is 5.69 Å². The summed E-state index contributed by atoms with van der Waals surface area (Å²) >= 11 is 9.19. The molecule has 0 atom stereocenters. The van der Waals surface area contributed by atoms with E-state index in [1.807, 2.05) is 13.8 Å². The molecule has 4 N–H and O–H groups in total. The zero-order valence-electron chi connectivity index (χ0n) is 11.3. The molecule has 0 bridgehead atoms. The Morgan fingerprint density at radius 2 is 2.10 bits per heavy atom. The zero-order chi connectivity index (χ0) is 15.3.